The number of aliphatic hydroxyl groups is 1. The largest absolute Gasteiger partial charge is 0.496 e. The van der Waals surface area contributed by atoms with Gasteiger partial charge in [0.25, 0.3) is 0 Å². The summed E-state index contributed by atoms with van der Waals surface area (Å²) >= 11 is 3.50. The number of nitrogens with one attached hydrogen (secondary N) is 1. The van der Waals surface area contributed by atoms with E-state index in [4.69, 9.17) is 4.74 Å². The number of rotatable bonds is 5. The average molecular weight is 394 g/mol. The first kappa shape index (κ1) is 19.7. The SMILES string of the molecule is COc1cc(Br)ccc1[C@H](N1CCNCC1)C(C)(C)CO.Cl. The van der Waals surface area contributed by atoms with E-state index in [0.717, 1.165) is 42.0 Å². The third-order valence-electron chi connectivity index (χ3n) is 4.15. The van der Waals surface area contributed by atoms with Gasteiger partial charge in [-0.25, -0.2) is 0 Å². The zero-order valence-corrected chi connectivity index (χ0v) is 15.8. The first-order valence-electron chi connectivity index (χ1n) is 7.38. The Hall–Kier alpha value is -0.330. The fourth-order valence-corrected chi connectivity index (χ4v) is 3.39. The van der Waals surface area contributed by atoms with Gasteiger partial charge in [0.05, 0.1) is 7.11 Å². The third-order valence-corrected chi connectivity index (χ3v) is 4.65. The van der Waals surface area contributed by atoms with E-state index in [2.05, 4.69) is 46.1 Å². The Labute approximate surface area is 147 Å². The highest BCUT2D eigenvalue weighted by molar-refractivity contribution is 9.10. The maximum atomic E-state index is 9.88. The van der Waals surface area contributed by atoms with E-state index in [0.29, 0.717) is 0 Å². The second-order valence-electron chi connectivity index (χ2n) is 6.22. The fraction of sp³-hybridized carbons (Fsp3) is 0.625. The molecule has 1 aliphatic heterocycles. The number of benzene rings is 1. The number of piperazine rings is 1. The number of hydrogen-bond acceptors (Lipinski definition) is 4. The van der Waals surface area contributed by atoms with Crippen LogP contribution in [0.3, 0.4) is 0 Å². The molecule has 0 aromatic heterocycles. The number of aliphatic hydroxyl groups excluding tert-OH is 1. The molecule has 6 heteroatoms. The van der Waals surface area contributed by atoms with E-state index in [1.807, 2.05) is 12.1 Å². The monoisotopic (exact) mass is 392 g/mol. The van der Waals surface area contributed by atoms with Gasteiger partial charge in [0, 0.05) is 54.3 Å². The lowest BCUT2D eigenvalue weighted by Crippen LogP contribution is -2.49. The summed E-state index contributed by atoms with van der Waals surface area (Å²) in [4.78, 5) is 2.44. The highest BCUT2D eigenvalue weighted by atomic mass is 79.9. The highest BCUT2D eigenvalue weighted by Gasteiger charge is 2.37. The van der Waals surface area contributed by atoms with Gasteiger partial charge in [-0.1, -0.05) is 35.8 Å². The molecule has 126 valence electrons. The molecule has 0 aliphatic carbocycles. The molecule has 0 amide bonds. The Balaban J connectivity index is 0.00000242. The van der Waals surface area contributed by atoms with Gasteiger partial charge in [0.2, 0.25) is 0 Å². The van der Waals surface area contributed by atoms with Crippen LogP contribution in [0.2, 0.25) is 0 Å². The van der Waals surface area contributed by atoms with Crippen molar-refractivity contribution in [3.05, 3.63) is 28.2 Å². The number of hydrogen-bond donors (Lipinski definition) is 2. The van der Waals surface area contributed by atoms with Gasteiger partial charge in [-0.15, -0.1) is 12.4 Å². The Morgan fingerprint density at radius 3 is 2.55 bits per heavy atom. The van der Waals surface area contributed by atoms with Crippen molar-refractivity contribution in [2.75, 3.05) is 39.9 Å². The van der Waals surface area contributed by atoms with Crippen LogP contribution in [0, 0.1) is 5.41 Å². The van der Waals surface area contributed by atoms with E-state index in [9.17, 15) is 5.11 Å². The lowest BCUT2D eigenvalue weighted by Gasteiger charge is -2.43. The lowest BCUT2D eigenvalue weighted by molar-refractivity contribution is 0.0292. The second-order valence-corrected chi connectivity index (χ2v) is 7.14. The van der Waals surface area contributed by atoms with Crippen molar-refractivity contribution in [3.63, 3.8) is 0 Å². The summed E-state index contributed by atoms with van der Waals surface area (Å²) in [5, 5.41) is 13.3. The summed E-state index contributed by atoms with van der Waals surface area (Å²) in [6.45, 7) is 8.29. The van der Waals surface area contributed by atoms with Crippen LogP contribution in [0.5, 0.6) is 5.75 Å². The van der Waals surface area contributed by atoms with Crippen molar-refractivity contribution in [1.82, 2.24) is 10.2 Å². The Morgan fingerprint density at radius 1 is 1.36 bits per heavy atom. The molecule has 1 atom stereocenters. The molecule has 22 heavy (non-hydrogen) atoms. The molecule has 0 saturated carbocycles. The first-order chi connectivity index (χ1) is 9.99. The minimum atomic E-state index is -0.238. The number of ether oxygens (including phenoxy) is 1. The van der Waals surface area contributed by atoms with E-state index in [1.54, 1.807) is 7.11 Å². The van der Waals surface area contributed by atoms with E-state index >= 15 is 0 Å². The van der Waals surface area contributed by atoms with Crippen molar-refractivity contribution in [3.8, 4) is 5.75 Å². The van der Waals surface area contributed by atoms with Gasteiger partial charge in [0.15, 0.2) is 0 Å². The van der Waals surface area contributed by atoms with Crippen LogP contribution >= 0.6 is 28.3 Å². The summed E-state index contributed by atoms with van der Waals surface area (Å²) in [6, 6.07) is 6.28. The molecule has 1 aliphatic rings. The molecule has 1 heterocycles. The number of nitrogens with zero attached hydrogens (tertiary/aromatic N) is 1. The molecule has 2 rings (SSSR count). The van der Waals surface area contributed by atoms with E-state index in [-0.39, 0.29) is 30.5 Å². The minimum absolute atomic E-state index is 0. The molecule has 2 N–H and O–H groups in total. The van der Waals surface area contributed by atoms with Crippen molar-refractivity contribution >= 4 is 28.3 Å². The second kappa shape index (κ2) is 8.50. The van der Waals surface area contributed by atoms with Crippen molar-refractivity contribution in [2.24, 2.45) is 5.41 Å². The summed E-state index contributed by atoms with van der Waals surface area (Å²) in [7, 11) is 1.70. The predicted molar refractivity (Wildman–Crippen MR) is 96.0 cm³/mol. The van der Waals surface area contributed by atoms with Gasteiger partial charge < -0.3 is 15.2 Å². The molecule has 0 radical (unpaired) electrons. The van der Waals surface area contributed by atoms with Crippen LogP contribution in [-0.2, 0) is 0 Å². The molecular formula is C16H26BrClN2O2. The van der Waals surface area contributed by atoms with Crippen LogP contribution in [0.1, 0.15) is 25.5 Å². The maximum absolute atomic E-state index is 9.88. The van der Waals surface area contributed by atoms with Gasteiger partial charge in [-0.3, -0.25) is 4.90 Å². The van der Waals surface area contributed by atoms with Crippen molar-refractivity contribution < 1.29 is 9.84 Å². The molecule has 0 unspecified atom stereocenters. The van der Waals surface area contributed by atoms with Gasteiger partial charge in [-0.2, -0.15) is 0 Å². The van der Waals surface area contributed by atoms with E-state index < -0.39 is 0 Å². The normalized spacial score (nSPS) is 17.7. The Kier molecular flexibility index (Phi) is 7.62. The topological polar surface area (TPSA) is 44.7 Å². The molecule has 1 saturated heterocycles. The molecule has 1 fully saturated rings. The predicted octanol–water partition coefficient (Wildman–Crippen LogP) is 2.84. The van der Waals surface area contributed by atoms with Gasteiger partial charge in [-0.05, 0) is 12.1 Å². The van der Waals surface area contributed by atoms with Crippen LogP contribution < -0.4 is 10.1 Å². The van der Waals surface area contributed by atoms with Crippen LogP contribution in [0.25, 0.3) is 0 Å². The van der Waals surface area contributed by atoms with Crippen molar-refractivity contribution in [1.29, 1.82) is 0 Å². The summed E-state index contributed by atoms with van der Waals surface area (Å²) in [5.41, 5.74) is 0.903. The molecular weight excluding hydrogens is 368 g/mol. The molecule has 1 aromatic rings. The molecule has 0 spiro atoms. The van der Waals surface area contributed by atoms with Gasteiger partial charge >= 0.3 is 0 Å². The standard InChI is InChI=1S/C16H25BrN2O2.ClH/c1-16(2,11-20)15(19-8-6-18-7-9-19)13-5-4-12(17)10-14(13)21-3;/h4-5,10,15,18,20H,6-9,11H2,1-3H3;1H/t15-;/m0./s1. The summed E-state index contributed by atoms with van der Waals surface area (Å²) < 4.78 is 6.59. The maximum Gasteiger partial charge on any atom is 0.124 e. The van der Waals surface area contributed by atoms with Crippen LogP contribution in [0.4, 0.5) is 0 Å². The molecule has 0 bridgehead atoms. The fourth-order valence-electron chi connectivity index (χ4n) is 3.05. The van der Waals surface area contributed by atoms with Crippen LogP contribution in [0.15, 0.2) is 22.7 Å². The number of halogens is 2. The van der Waals surface area contributed by atoms with Crippen LogP contribution in [-0.4, -0.2) is 49.9 Å². The van der Waals surface area contributed by atoms with E-state index in [1.165, 1.54) is 0 Å². The third kappa shape index (κ3) is 4.36. The zero-order valence-electron chi connectivity index (χ0n) is 13.4. The number of methoxy groups -OCH3 is 1. The Morgan fingerprint density at radius 2 is 2.00 bits per heavy atom. The highest BCUT2D eigenvalue weighted by Crippen LogP contribution is 2.42. The summed E-state index contributed by atoms with van der Waals surface area (Å²) in [6.07, 6.45) is 0. The Bertz CT molecular complexity index is 479. The average Bonchev–Trinajstić information content (AvgIpc) is 2.50. The molecule has 1 aromatic carbocycles. The lowest BCUT2D eigenvalue weighted by atomic mass is 9.79. The first-order valence-corrected chi connectivity index (χ1v) is 8.18. The summed E-state index contributed by atoms with van der Waals surface area (Å²) in [5.74, 6) is 0.870. The smallest absolute Gasteiger partial charge is 0.124 e. The zero-order chi connectivity index (χ0) is 15.5. The van der Waals surface area contributed by atoms with Gasteiger partial charge in [0.1, 0.15) is 5.75 Å². The van der Waals surface area contributed by atoms with Crippen molar-refractivity contribution in [2.45, 2.75) is 19.9 Å². The quantitative estimate of drug-likeness (QED) is 0.807. The minimum Gasteiger partial charge on any atom is -0.496 e. The molecule has 4 nitrogen and oxygen atoms in total.